The molecule has 4 aromatic rings. The van der Waals surface area contributed by atoms with Gasteiger partial charge in [-0.2, -0.15) is 9.97 Å². The number of hydrogen-bond acceptors (Lipinski definition) is 7. The number of fused-ring (bicyclic) bond motifs is 5. The van der Waals surface area contributed by atoms with Crippen LogP contribution in [-0.2, 0) is 7.05 Å². The molecule has 0 amide bonds. The molecule has 3 atom stereocenters. The van der Waals surface area contributed by atoms with E-state index in [-0.39, 0.29) is 29.5 Å². The van der Waals surface area contributed by atoms with Crippen LogP contribution in [0.25, 0.3) is 21.9 Å². The monoisotopic (exact) mass is 449 g/mol. The number of ether oxygens (including phenoxy) is 1. The number of nitrogens with two attached hydrogens (primary N) is 1. The van der Waals surface area contributed by atoms with Gasteiger partial charge in [0.05, 0.1) is 16.6 Å². The molecule has 1 aromatic carbocycles. The van der Waals surface area contributed by atoms with Gasteiger partial charge >= 0.3 is 6.01 Å². The molecule has 3 unspecified atom stereocenters. The highest BCUT2D eigenvalue weighted by Crippen LogP contribution is 2.44. The fourth-order valence-electron chi connectivity index (χ4n) is 5.23. The average molecular weight is 449 g/mol. The third-order valence-electron chi connectivity index (χ3n) is 6.91. The van der Waals surface area contributed by atoms with Crippen molar-refractivity contribution in [2.24, 2.45) is 18.7 Å². The Morgan fingerprint density at radius 3 is 2.82 bits per heavy atom. The number of aryl methyl sites for hydroxylation is 1. The highest BCUT2D eigenvalue weighted by Gasteiger charge is 2.44. The van der Waals surface area contributed by atoms with Crippen LogP contribution in [0, 0.1) is 11.7 Å². The van der Waals surface area contributed by atoms with Crippen molar-refractivity contribution in [1.29, 1.82) is 0 Å². The first-order chi connectivity index (χ1) is 15.9. The molecular weight excluding hydrogens is 425 g/mol. The fourth-order valence-corrected chi connectivity index (χ4v) is 5.23. The number of nitrogens with zero attached hydrogens (tertiary/aromatic N) is 4. The zero-order valence-electron chi connectivity index (χ0n) is 18.3. The number of pyridine rings is 1. The number of rotatable bonds is 4. The summed E-state index contributed by atoms with van der Waals surface area (Å²) in [4.78, 5) is 26.9. The Morgan fingerprint density at radius 1 is 1.27 bits per heavy atom. The molecule has 33 heavy (non-hydrogen) atoms. The SMILES string of the molecule is CNc1cc(F)cc2c1[nH]c1nc(Oc3ccn(C)c(=O)c3)nc(N3CC4CC3CC4N)c12. The van der Waals surface area contributed by atoms with Gasteiger partial charge in [0.15, 0.2) is 0 Å². The summed E-state index contributed by atoms with van der Waals surface area (Å²) in [5, 5.41) is 4.50. The molecule has 2 bridgehead atoms. The van der Waals surface area contributed by atoms with Gasteiger partial charge in [-0.1, -0.05) is 0 Å². The number of H-pyrrole nitrogens is 1. The van der Waals surface area contributed by atoms with Gasteiger partial charge in [-0.05, 0) is 37.0 Å². The molecule has 9 nitrogen and oxygen atoms in total. The van der Waals surface area contributed by atoms with E-state index < -0.39 is 0 Å². The predicted octanol–water partition coefficient (Wildman–Crippen LogP) is 2.71. The normalized spacial score (nSPS) is 21.9. The number of aromatic amines is 1. The molecular formula is C23H24FN7O2. The Hall–Kier alpha value is -3.66. The molecule has 170 valence electrons. The molecule has 2 aliphatic rings. The summed E-state index contributed by atoms with van der Waals surface area (Å²) >= 11 is 0. The lowest BCUT2D eigenvalue weighted by atomic mass is 10.0. The van der Waals surface area contributed by atoms with Crippen LogP contribution in [0.3, 0.4) is 0 Å². The first-order valence-electron chi connectivity index (χ1n) is 11.0. The van der Waals surface area contributed by atoms with E-state index in [1.54, 1.807) is 26.4 Å². The molecule has 6 rings (SSSR count). The van der Waals surface area contributed by atoms with Crippen LogP contribution in [0.2, 0.25) is 0 Å². The third kappa shape index (κ3) is 3.12. The van der Waals surface area contributed by atoms with Gasteiger partial charge in [0.1, 0.15) is 23.0 Å². The van der Waals surface area contributed by atoms with Gasteiger partial charge in [0.25, 0.3) is 5.56 Å². The molecule has 4 N–H and O–H groups in total. The van der Waals surface area contributed by atoms with Crippen molar-refractivity contribution >= 4 is 33.4 Å². The van der Waals surface area contributed by atoms with Crippen molar-refractivity contribution in [1.82, 2.24) is 19.5 Å². The van der Waals surface area contributed by atoms with Crippen molar-refractivity contribution < 1.29 is 9.13 Å². The summed E-state index contributed by atoms with van der Waals surface area (Å²) in [6.45, 7) is 0.782. The second kappa shape index (κ2) is 7.17. The second-order valence-electron chi connectivity index (χ2n) is 8.92. The van der Waals surface area contributed by atoms with Gasteiger partial charge in [0, 0.05) is 50.4 Å². The number of piperidine rings is 1. The van der Waals surface area contributed by atoms with E-state index >= 15 is 0 Å². The lowest BCUT2D eigenvalue weighted by Crippen LogP contribution is -2.41. The Bertz CT molecular complexity index is 1460. The topological polar surface area (TPSA) is 114 Å². The maximum absolute atomic E-state index is 14.5. The van der Waals surface area contributed by atoms with E-state index in [1.165, 1.54) is 22.8 Å². The number of halogens is 1. The van der Waals surface area contributed by atoms with Gasteiger partial charge in [0.2, 0.25) is 0 Å². The Balaban J connectivity index is 1.55. The predicted molar refractivity (Wildman–Crippen MR) is 124 cm³/mol. The lowest BCUT2D eigenvalue weighted by Gasteiger charge is -2.31. The quantitative estimate of drug-likeness (QED) is 0.439. The zero-order valence-corrected chi connectivity index (χ0v) is 18.3. The minimum absolute atomic E-state index is 0.121. The minimum Gasteiger partial charge on any atom is -0.424 e. The minimum atomic E-state index is -0.343. The van der Waals surface area contributed by atoms with Gasteiger partial charge < -0.3 is 30.2 Å². The van der Waals surface area contributed by atoms with Crippen LogP contribution >= 0.6 is 0 Å². The average Bonchev–Trinajstić information content (AvgIpc) is 3.47. The Morgan fingerprint density at radius 2 is 2.12 bits per heavy atom. The molecule has 0 radical (unpaired) electrons. The smallest absolute Gasteiger partial charge is 0.325 e. The lowest BCUT2D eigenvalue weighted by molar-refractivity contribution is 0.438. The standard InChI is InChI=1S/C23H24FN7O2/c1-26-17-7-12(24)6-15-19-21(27-20(15)17)28-23(33-14-3-4-30(2)18(32)9-14)29-22(19)31-10-11-5-13(31)8-16(11)25/h3-4,6-7,9,11,13,16,26H,5,8,10,25H2,1-2H3,(H,27,28,29). The van der Waals surface area contributed by atoms with Crippen LogP contribution in [0.4, 0.5) is 15.9 Å². The van der Waals surface area contributed by atoms with Crippen LogP contribution in [0.5, 0.6) is 11.8 Å². The largest absolute Gasteiger partial charge is 0.424 e. The summed E-state index contributed by atoms with van der Waals surface area (Å²) in [6, 6.07) is 6.60. The molecule has 1 saturated heterocycles. The third-order valence-corrected chi connectivity index (χ3v) is 6.91. The first kappa shape index (κ1) is 20.0. The highest BCUT2D eigenvalue weighted by molar-refractivity contribution is 6.14. The van der Waals surface area contributed by atoms with E-state index in [0.29, 0.717) is 34.2 Å². The van der Waals surface area contributed by atoms with Gasteiger partial charge in [-0.25, -0.2) is 4.39 Å². The molecule has 4 heterocycles. The van der Waals surface area contributed by atoms with E-state index in [1.807, 2.05) is 0 Å². The summed E-state index contributed by atoms with van der Waals surface area (Å²) in [7, 11) is 3.42. The maximum atomic E-state index is 14.5. The summed E-state index contributed by atoms with van der Waals surface area (Å²) < 4.78 is 21.8. The summed E-state index contributed by atoms with van der Waals surface area (Å²) in [6.07, 6.45) is 3.53. The van der Waals surface area contributed by atoms with E-state index in [0.717, 1.165) is 30.3 Å². The molecule has 3 aromatic heterocycles. The zero-order chi connectivity index (χ0) is 22.9. The van der Waals surface area contributed by atoms with Crippen molar-refractivity contribution in [2.75, 3.05) is 23.8 Å². The second-order valence-corrected chi connectivity index (χ2v) is 8.92. The summed E-state index contributed by atoms with van der Waals surface area (Å²) in [5.41, 5.74) is 8.01. The molecule has 10 heteroatoms. The number of nitrogens with one attached hydrogen (secondary N) is 2. The molecule has 2 fully saturated rings. The number of benzene rings is 1. The van der Waals surface area contributed by atoms with E-state index in [2.05, 4.69) is 20.2 Å². The van der Waals surface area contributed by atoms with Crippen LogP contribution in [0.1, 0.15) is 12.8 Å². The highest BCUT2D eigenvalue weighted by atomic mass is 19.1. The van der Waals surface area contributed by atoms with Crippen LogP contribution in [0.15, 0.2) is 35.3 Å². The summed E-state index contributed by atoms with van der Waals surface area (Å²) in [5.74, 6) is 1.10. The first-order valence-corrected chi connectivity index (χ1v) is 11.0. The van der Waals surface area contributed by atoms with Crippen molar-refractivity contribution in [2.45, 2.75) is 24.9 Å². The maximum Gasteiger partial charge on any atom is 0.325 e. The molecule has 1 saturated carbocycles. The van der Waals surface area contributed by atoms with Crippen molar-refractivity contribution in [3.63, 3.8) is 0 Å². The molecule has 1 aliphatic heterocycles. The van der Waals surface area contributed by atoms with Crippen molar-refractivity contribution in [3.05, 3.63) is 46.6 Å². The van der Waals surface area contributed by atoms with Crippen LogP contribution < -0.4 is 26.2 Å². The number of anilines is 2. The van der Waals surface area contributed by atoms with Gasteiger partial charge in [-0.15, -0.1) is 0 Å². The van der Waals surface area contributed by atoms with E-state index in [9.17, 15) is 9.18 Å². The Labute approximate surface area is 188 Å². The molecule has 1 aliphatic carbocycles. The fraction of sp³-hybridized carbons (Fsp3) is 0.348. The van der Waals surface area contributed by atoms with Crippen molar-refractivity contribution in [3.8, 4) is 11.8 Å². The van der Waals surface area contributed by atoms with Crippen LogP contribution in [-0.4, -0.2) is 45.2 Å². The number of aromatic nitrogens is 4. The Kier molecular flexibility index (Phi) is 4.34. The number of hydrogen-bond donors (Lipinski definition) is 3. The van der Waals surface area contributed by atoms with E-state index in [4.69, 9.17) is 15.5 Å². The van der Waals surface area contributed by atoms with Gasteiger partial charge in [-0.3, -0.25) is 4.79 Å². The molecule has 0 spiro atoms.